The number of rotatable bonds is 5. The SMILES string of the molecule is c1ccc(-c2nc(-c3ccc(-c4ccc5c6ccccc6n(-c6ccccc6)c5c4)cc3)nc(-c3cccc4c3-c3ccccc3C43C4CC5CC(C4)CC3C5)n2)cc1. The second-order valence-corrected chi connectivity index (χ2v) is 17.6. The molecule has 2 heterocycles. The molecule has 0 radical (unpaired) electrons. The maximum Gasteiger partial charge on any atom is 0.164 e. The van der Waals surface area contributed by atoms with Gasteiger partial charge in [-0.3, -0.25) is 0 Å². The average molecular weight is 759 g/mol. The third-order valence-corrected chi connectivity index (χ3v) is 14.7. The molecule has 0 N–H and O–H groups in total. The first kappa shape index (κ1) is 33.3. The number of benzene rings is 7. The molecule has 0 aliphatic heterocycles. The Kier molecular flexibility index (Phi) is 7.16. The van der Waals surface area contributed by atoms with Crippen molar-refractivity contribution in [3.8, 4) is 62.1 Å². The summed E-state index contributed by atoms with van der Waals surface area (Å²) in [5.41, 5.74) is 14.8. The summed E-state index contributed by atoms with van der Waals surface area (Å²) in [5.74, 6) is 5.33. The van der Waals surface area contributed by atoms with E-state index in [-0.39, 0.29) is 5.41 Å². The minimum atomic E-state index is 0.0851. The summed E-state index contributed by atoms with van der Waals surface area (Å²) in [5, 5.41) is 2.51. The molecule has 4 saturated carbocycles. The van der Waals surface area contributed by atoms with Crippen LogP contribution in [-0.4, -0.2) is 19.5 Å². The smallest absolute Gasteiger partial charge is 0.164 e. The van der Waals surface area contributed by atoms with Crippen LogP contribution in [0.15, 0.2) is 170 Å². The zero-order valence-corrected chi connectivity index (χ0v) is 32.8. The Hall–Kier alpha value is -6.65. The van der Waals surface area contributed by atoms with Crippen molar-refractivity contribution < 1.29 is 0 Å². The third kappa shape index (κ3) is 4.86. The van der Waals surface area contributed by atoms with Crippen molar-refractivity contribution in [2.24, 2.45) is 23.7 Å². The highest BCUT2D eigenvalue weighted by Gasteiger charge is 2.61. The van der Waals surface area contributed by atoms with Gasteiger partial charge in [0.2, 0.25) is 0 Å². The molecule has 4 fully saturated rings. The normalized spacial score (nSPS) is 22.3. The van der Waals surface area contributed by atoms with Gasteiger partial charge < -0.3 is 4.57 Å². The fourth-order valence-electron chi connectivity index (χ4n) is 12.5. The molecule has 4 heteroatoms. The minimum absolute atomic E-state index is 0.0851. The molecule has 282 valence electrons. The molecule has 59 heavy (non-hydrogen) atoms. The van der Waals surface area contributed by atoms with Crippen molar-refractivity contribution in [2.45, 2.75) is 37.5 Å². The number of nitrogens with zero attached hydrogens (tertiary/aromatic N) is 4. The lowest BCUT2D eigenvalue weighted by molar-refractivity contribution is -0.0399. The van der Waals surface area contributed by atoms with Crippen LogP contribution < -0.4 is 0 Å². The highest BCUT2D eigenvalue weighted by molar-refractivity contribution is 6.10. The Morgan fingerprint density at radius 3 is 1.73 bits per heavy atom. The van der Waals surface area contributed by atoms with Crippen LogP contribution >= 0.6 is 0 Å². The molecule has 0 unspecified atom stereocenters. The molecule has 5 aliphatic rings. The molecule has 0 atom stereocenters. The second kappa shape index (κ2) is 12.7. The highest BCUT2D eigenvalue weighted by Crippen LogP contribution is 2.70. The Labute approximate surface area is 344 Å². The van der Waals surface area contributed by atoms with Gasteiger partial charge in [0.15, 0.2) is 17.5 Å². The quantitative estimate of drug-likeness (QED) is 0.176. The zero-order valence-electron chi connectivity index (χ0n) is 32.8. The van der Waals surface area contributed by atoms with Crippen LogP contribution in [0.3, 0.4) is 0 Å². The summed E-state index contributed by atoms with van der Waals surface area (Å²) in [6, 6.07) is 61.7. The van der Waals surface area contributed by atoms with Gasteiger partial charge >= 0.3 is 0 Å². The molecule has 2 aromatic heterocycles. The maximum absolute atomic E-state index is 5.36. The van der Waals surface area contributed by atoms with E-state index >= 15 is 0 Å². The van der Waals surface area contributed by atoms with Gasteiger partial charge in [-0.05, 0) is 113 Å². The second-order valence-electron chi connectivity index (χ2n) is 17.6. The van der Waals surface area contributed by atoms with Crippen LogP contribution in [-0.2, 0) is 5.41 Å². The Morgan fingerprint density at radius 2 is 0.966 bits per heavy atom. The van der Waals surface area contributed by atoms with Crippen molar-refractivity contribution in [3.63, 3.8) is 0 Å². The lowest BCUT2D eigenvalue weighted by Gasteiger charge is -2.61. The average Bonchev–Trinajstić information content (AvgIpc) is 3.79. The number of hydrogen-bond donors (Lipinski definition) is 0. The Morgan fingerprint density at radius 1 is 0.407 bits per heavy atom. The predicted molar refractivity (Wildman–Crippen MR) is 239 cm³/mol. The first-order valence-corrected chi connectivity index (χ1v) is 21.5. The van der Waals surface area contributed by atoms with E-state index in [0.717, 1.165) is 45.6 Å². The Bertz CT molecular complexity index is 3080. The molecular weight excluding hydrogens is 717 g/mol. The van der Waals surface area contributed by atoms with E-state index in [9.17, 15) is 0 Å². The summed E-state index contributed by atoms with van der Waals surface area (Å²) in [7, 11) is 0. The van der Waals surface area contributed by atoms with Crippen molar-refractivity contribution in [1.82, 2.24) is 19.5 Å². The standard InChI is InChI=1S/C55H42N4/c1-3-12-37(13-4-1)52-56-53(38-24-22-36(23-25-38)39-26-27-44-43-16-8-10-21-49(43)59(50(44)33-39)42-14-5-2-6-15-42)58-54(57-52)46-18-11-20-48-51(46)45-17-7-9-19-47(45)55(48)40-29-34-28-35(31-40)32-41(55)30-34/h1-27,33-35,40-41H,28-32H2. The van der Waals surface area contributed by atoms with Crippen LogP contribution in [0, 0.1) is 23.7 Å². The lowest BCUT2D eigenvalue weighted by atomic mass is 9.43. The number of para-hydroxylation sites is 2. The summed E-state index contributed by atoms with van der Waals surface area (Å²) in [6.45, 7) is 0. The van der Waals surface area contributed by atoms with Crippen molar-refractivity contribution >= 4 is 21.8 Å². The number of aromatic nitrogens is 4. The predicted octanol–water partition coefficient (Wildman–Crippen LogP) is 13.4. The first-order chi connectivity index (χ1) is 29.2. The van der Waals surface area contributed by atoms with Gasteiger partial charge in [-0.1, -0.05) is 146 Å². The van der Waals surface area contributed by atoms with Crippen LogP contribution in [0.2, 0.25) is 0 Å². The van der Waals surface area contributed by atoms with Gasteiger partial charge in [-0.15, -0.1) is 0 Å². The van der Waals surface area contributed by atoms with Crippen LogP contribution in [0.4, 0.5) is 0 Å². The van der Waals surface area contributed by atoms with Crippen LogP contribution in [0.5, 0.6) is 0 Å². The zero-order chi connectivity index (χ0) is 38.7. The lowest BCUT2D eigenvalue weighted by Crippen LogP contribution is -2.55. The van der Waals surface area contributed by atoms with Crippen molar-refractivity contribution in [3.05, 3.63) is 181 Å². The Balaban J connectivity index is 0.942. The molecule has 7 aromatic carbocycles. The van der Waals surface area contributed by atoms with Gasteiger partial charge in [0, 0.05) is 38.6 Å². The van der Waals surface area contributed by atoms with Crippen LogP contribution in [0.1, 0.15) is 43.2 Å². The molecule has 0 amide bonds. The van der Waals surface area contributed by atoms with Gasteiger partial charge in [0.05, 0.1) is 11.0 Å². The van der Waals surface area contributed by atoms with E-state index in [1.807, 2.05) is 6.07 Å². The van der Waals surface area contributed by atoms with E-state index in [2.05, 4.69) is 168 Å². The maximum atomic E-state index is 5.36. The molecule has 5 aliphatic carbocycles. The van der Waals surface area contributed by atoms with Crippen LogP contribution in [0.25, 0.3) is 83.9 Å². The molecular formula is C55H42N4. The summed E-state index contributed by atoms with van der Waals surface area (Å²) in [4.78, 5) is 15.8. The molecule has 0 saturated heterocycles. The molecule has 1 spiro atoms. The molecule has 4 bridgehead atoms. The van der Waals surface area contributed by atoms with E-state index in [1.165, 1.54) is 76.2 Å². The van der Waals surface area contributed by atoms with Gasteiger partial charge in [0.1, 0.15) is 0 Å². The molecule has 4 nitrogen and oxygen atoms in total. The summed E-state index contributed by atoms with van der Waals surface area (Å²) in [6.07, 6.45) is 6.89. The molecule has 14 rings (SSSR count). The van der Waals surface area contributed by atoms with Gasteiger partial charge in [-0.2, -0.15) is 0 Å². The van der Waals surface area contributed by atoms with Crippen molar-refractivity contribution in [1.29, 1.82) is 0 Å². The van der Waals surface area contributed by atoms with E-state index in [1.54, 1.807) is 5.56 Å². The van der Waals surface area contributed by atoms with E-state index in [0.29, 0.717) is 23.5 Å². The van der Waals surface area contributed by atoms with Crippen molar-refractivity contribution in [2.75, 3.05) is 0 Å². The highest BCUT2D eigenvalue weighted by atomic mass is 15.0. The fraction of sp³-hybridized carbons (Fsp3) is 0.182. The topological polar surface area (TPSA) is 43.6 Å². The van der Waals surface area contributed by atoms with E-state index in [4.69, 9.17) is 15.0 Å². The van der Waals surface area contributed by atoms with Gasteiger partial charge in [-0.25, -0.2) is 15.0 Å². The summed E-state index contributed by atoms with van der Waals surface area (Å²) < 4.78 is 2.38. The third-order valence-electron chi connectivity index (χ3n) is 14.7. The number of fused-ring (bicyclic) bond motifs is 6. The monoisotopic (exact) mass is 758 g/mol. The molecule has 9 aromatic rings. The van der Waals surface area contributed by atoms with Gasteiger partial charge in [0.25, 0.3) is 0 Å². The number of hydrogen-bond acceptors (Lipinski definition) is 3. The fourth-order valence-corrected chi connectivity index (χ4v) is 12.5. The van der Waals surface area contributed by atoms with E-state index < -0.39 is 0 Å². The largest absolute Gasteiger partial charge is 0.309 e. The minimum Gasteiger partial charge on any atom is -0.309 e. The first-order valence-electron chi connectivity index (χ1n) is 21.5. The summed E-state index contributed by atoms with van der Waals surface area (Å²) >= 11 is 0.